The predicted molar refractivity (Wildman–Crippen MR) is 72.1 cm³/mol. The van der Waals surface area contributed by atoms with Crippen LogP contribution in [0.2, 0.25) is 0 Å². The van der Waals surface area contributed by atoms with E-state index < -0.39 is 5.82 Å². The lowest BCUT2D eigenvalue weighted by molar-refractivity contribution is 0.0647. The molecule has 0 aromatic heterocycles. The van der Waals surface area contributed by atoms with Gasteiger partial charge in [0, 0.05) is 18.7 Å². The van der Waals surface area contributed by atoms with Crippen molar-refractivity contribution in [2.24, 2.45) is 5.73 Å². The molecule has 0 unspecified atom stereocenters. The number of carbonyl (C=O) groups is 1. The molecular weight excluding hydrogens is 243 g/mol. The first-order chi connectivity index (χ1) is 9.13. The zero-order valence-corrected chi connectivity index (χ0v) is 10.9. The monoisotopic (exact) mass is 260 g/mol. The van der Waals surface area contributed by atoms with Crippen LogP contribution in [0.1, 0.15) is 35.2 Å². The van der Waals surface area contributed by atoms with Crippen molar-refractivity contribution in [3.05, 3.63) is 35.1 Å². The summed E-state index contributed by atoms with van der Waals surface area (Å²) in [6, 6.07) is 4.68. The Labute approximate surface area is 112 Å². The molecule has 3 nitrogen and oxygen atoms in total. The third-order valence-electron chi connectivity index (χ3n) is 3.48. The first-order valence-electron chi connectivity index (χ1n) is 6.39. The molecule has 19 heavy (non-hydrogen) atoms. The molecule has 1 aliphatic rings. The van der Waals surface area contributed by atoms with Gasteiger partial charge in [0.1, 0.15) is 5.82 Å². The van der Waals surface area contributed by atoms with Crippen LogP contribution in [0.3, 0.4) is 0 Å². The zero-order valence-electron chi connectivity index (χ0n) is 10.9. The highest BCUT2D eigenvalue weighted by Gasteiger charge is 2.27. The van der Waals surface area contributed by atoms with Crippen LogP contribution in [0, 0.1) is 17.7 Å². The van der Waals surface area contributed by atoms with E-state index in [4.69, 9.17) is 5.73 Å². The molecule has 1 amide bonds. The summed E-state index contributed by atoms with van der Waals surface area (Å²) in [5.41, 5.74) is 5.90. The van der Waals surface area contributed by atoms with E-state index in [0.29, 0.717) is 5.56 Å². The highest BCUT2D eigenvalue weighted by atomic mass is 19.1. The molecule has 0 spiro atoms. The predicted octanol–water partition coefficient (Wildman–Crippen LogP) is 1.76. The minimum absolute atomic E-state index is 0.104. The van der Waals surface area contributed by atoms with Gasteiger partial charge < -0.3 is 10.6 Å². The van der Waals surface area contributed by atoms with Crippen LogP contribution in [0.4, 0.5) is 4.39 Å². The van der Waals surface area contributed by atoms with Crippen molar-refractivity contribution in [3.8, 4) is 11.8 Å². The van der Waals surface area contributed by atoms with E-state index in [0.717, 1.165) is 19.3 Å². The standard InChI is InChI=1S/C15H17FN2O/c1-18(12-5-2-6-12)15(19)13-8-7-11(4-3-9-17)10-14(13)16/h7-8,10,12H,2,5-6,9,17H2,1H3. The Bertz CT molecular complexity index is 541. The average Bonchev–Trinajstić information content (AvgIpc) is 2.33. The fourth-order valence-electron chi connectivity index (χ4n) is 2.05. The Morgan fingerprint density at radius 1 is 1.53 bits per heavy atom. The molecule has 2 rings (SSSR count). The van der Waals surface area contributed by atoms with Crippen LogP contribution < -0.4 is 5.73 Å². The molecule has 0 bridgehead atoms. The van der Waals surface area contributed by atoms with E-state index in [1.807, 2.05) is 0 Å². The molecule has 1 saturated carbocycles. The number of hydrogen-bond donors (Lipinski definition) is 1. The quantitative estimate of drug-likeness (QED) is 0.824. The topological polar surface area (TPSA) is 46.3 Å². The van der Waals surface area contributed by atoms with Crippen LogP contribution in [-0.2, 0) is 0 Å². The lowest BCUT2D eigenvalue weighted by Gasteiger charge is -2.34. The van der Waals surface area contributed by atoms with Gasteiger partial charge >= 0.3 is 0 Å². The summed E-state index contributed by atoms with van der Waals surface area (Å²) in [7, 11) is 1.73. The fourth-order valence-corrected chi connectivity index (χ4v) is 2.05. The van der Waals surface area contributed by atoms with Crippen LogP contribution in [-0.4, -0.2) is 30.4 Å². The van der Waals surface area contributed by atoms with E-state index in [1.54, 1.807) is 18.0 Å². The van der Waals surface area contributed by atoms with Crippen molar-refractivity contribution in [1.82, 2.24) is 4.90 Å². The van der Waals surface area contributed by atoms with Gasteiger partial charge in [0.05, 0.1) is 12.1 Å². The maximum atomic E-state index is 13.9. The number of rotatable bonds is 2. The van der Waals surface area contributed by atoms with Crippen LogP contribution in [0.15, 0.2) is 18.2 Å². The molecule has 0 atom stereocenters. The Morgan fingerprint density at radius 3 is 2.79 bits per heavy atom. The molecule has 0 aliphatic heterocycles. The smallest absolute Gasteiger partial charge is 0.256 e. The first-order valence-corrected chi connectivity index (χ1v) is 6.39. The van der Waals surface area contributed by atoms with E-state index >= 15 is 0 Å². The SMILES string of the molecule is CN(C(=O)c1ccc(C#CCN)cc1F)C1CCC1. The fraction of sp³-hybridized carbons (Fsp3) is 0.400. The van der Waals surface area contributed by atoms with E-state index in [-0.39, 0.29) is 24.1 Å². The number of hydrogen-bond acceptors (Lipinski definition) is 2. The number of halogens is 1. The minimum Gasteiger partial charge on any atom is -0.339 e. The van der Waals surface area contributed by atoms with E-state index in [2.05, 4.69) is 11.8 Å². The molecule has 1 aliphatic carbocycles. The molecule has 0 saturated heterocycles. The molecule has 1 aromatic carbocycles. The van der Waals surface area contributed by atoms with Gasteiger partial charge in [0.15, 0.2) is 0 Å². The molecule has 1 fully saturated rings. The summed E-state index contributed by atoms with van der Waals surface area (Å²) < 4.78 is 13.9. The van der Waals surface area contributed by atoms with Gasteiger partial charge in [-0.3, -0.25) is 4.79 Å². The summed E-state index contributed by atoms with van der Waals surface area (Å²) in [6.07, 6.45) is 3.15. The summed E-state index contributed by atoms with van der Waals surface area (Å²) in [5, 5.41) is 0. The van der Waals surface area contributed by atoms with Crippen molar-refractivity contribution in [3.63, 3.8) is 0 Å². The van der Waals surface area contributed by atoms with Crippen molar-refractivity contribution < 1.29 is 9.18 Å². The summed E-state index contributed by atoms with van der Waals surface area (Å²) in [5.74, 6) is 4.61. The maximum absolute atomic E-state index is 13.9. The normalized spacial score (nSPS) is 14.3. The second kappa shape index (κ2) is 5.85. The number of benzene rings is 1. The summed E-state index contributed by atoms with van der Waals surface area (Å²) >= 11 is 0. The van der Waals surface area contributed by atoms with E-state index in [1.165, 1.54) is 12.1 Å². The van der Waals surface area contributed by atoms with Crippen LogP contribution >= 0.6 is 0 Å². The Morgan fingerprint density at radius 2 is 2.26 bits per heavy atom. The number of carbonyl (C=O) groups excluding carboxylic acids is 1. The van der Waals surface area contributed by atoms with Crippen molar-refractivity contribution in [2.75, 3.05) is 13.6 Å². The van der Waals surface area contributed by atoms with Crippen molar-refractivity contribution in [2.45, 2.75) is 25.3 Å². The molecule has 100 valence electrons. The highest BCUT2D eigenvalue weighted by Crippen LogP contribution is 2.25. The van der Waals surface area contributed by atoms with Gasteiger partial charge in [-0.05, 0) is 37.5 Å². The largest absolute Gasteiger partial charge is 0.339 e. The van der Waals surface area contributed by atoms with Gasteiger partial charge in [-0.2, -0.15) is 0 Å². The summed E-state index contributed by atoms with van der Waals surface area (Å²) in [4.78, 5) is 13.8. The second-order valence-corrected chi connectivity index (χ2v) is 4.70. The van der Waals surface area contributed by atoms with Crippen molar-refractivity contribution >= 4 is 5.91 Å². The number of nitrogens with zero attached hydrogens (tertiary/aromatic N) is 1. The average molecular weight is 260 g/mol. The van der Waals surface area contributed by atoms with Crippen LogP contribution in [0.5, 0.6) is 0 Å². The van der Waals surface area contributed by atoms with Gasteiger partial charge in [0.25, 0.3) is 5.91 Å². The van der Waals surface area contributed by atoms with Gasteiger partial charge in [-0.1, -0.05) is 11.8 Å². The molecule has 0 radical (unpaired) electrons. The maximum Gasteiger partial charge on any atom is 0.256 e. The van der Waals surface area contributed by atoms with Crippen molar-refractivity contribution in [1.29, 1.82) is 0 Å². The van der Waals surface area contributed by atoms with E-state index in [9.17, 15) is 9.18 Å². The Kier molecular flexibility index (Phi) is 4.18. The van der Waals surface area contributed by atoms with Gasteiger partial charge in [-0.25, -0.2) is 4.39 Å². The summed E-state index contributed by atoms with van der Waals surface area (Å²) in [6.45, 7) is 0.229. The minimum atomic E-state index is -0.528. The van der Waals surface area contributed by atoms with Gasteiger partial charge in [-0.15, -0.1) is 0 Å². The Balaban J connectivity index is 2.18. The van der Waals surface area contributed by atoms with Gasteiger partial charge in [0.2, 0.25) is 0 Å². The lowest BCUT2D eigenvalue weighted by atomic mass is 9.91. The third kappa shape index (κ3) is 2.94. The molecule has 4 heteroatoms. The lowest BCUT2D eigenvalue weighted by Crippen LogP contribution is -2.41. The van der Waals surface area contributed by atoms with Crippen LogP contribution in [0.25, 0.3) is 0 Å². The first kappa shape index (κ1) is 13.6. The number of nitrogens with two attached hydrogens (primary N) is 1. The third-order valence-corrected chi connectivity index (χ3v) is 3.48. The molecule has 0 heterocycles. The highest BCUT2D eigenvalue weighted by molar-refractivity contribution is 5.94. The second-order valence-electron chi connectivity index (χ2n) is 4.70. The molecule has 1 aromatic rings. The zero-order chi connectivity index (χ0) is 13.8. The molecule has 2 N–H and O–H groups in total. The molecular formula is C15H17FN2O. The Hall–Kier alpha value is -1.86. The number of amides is 1.